The zero-order valence-corrected chi connectivity index (χ0v) is 14.9. The SMILES string of the molecule is Cc1ccc(-c2noc(C3CCCN3C(=O)Nc3ccccc3F)n2)cc1. The van der Waals surface area contributed by atoms with Crippen LogP contribution in [0.25, 0.3) is 11.4 Å². The molecule has 7 heteroatoms. The number of carbonyl (C=O) groups excluding carboxylic acids is 1. The van der Waals surface area contributed by atoms with Crippen molar-refractivity contribution in [2.75, 3.05) is 11.9 Å². The molecule has 138 valence electrons. The molecular weight excluding hydrogens is 347 g/mol. The summed E-state index contributed by atoms with van der Waals surface area (Å²) in [5, 5.41) is 6.67. The average Bonchev–Trinajstić information content (AvgIpc) is 3.33. The molecule has 1 saturated heterocycles. The van der Waals surface area contributed by atoms with Crippen molar-refractivity contribution in [3.63, 3.8) is 0 Å². The molecule has 4 rings (SSSR count). The van der Waals surface area contributed by atoms with E-state index in [-0.39, 0.29) is 17.8 Å². The number of benzene rings is 2. The molecule has 1 aromatic heterocycles. The Hall–Kier alpha value is -3.22. The second-order valence-corrected chi connectivity index (χ2v) is 6.58. The molecule has 1 aliphatic heterocycles. The van der Waals surface area contributed by atoms with E-state index >= 15 is 0 Å². The molecule has 1 N–H and O–H groups in total. The van der Waals surface area contributed by atoms with Crippen molar-refractivity contribution < 1.29 is 13.7 Å². The largest absolute Gasteiger partial charge is 0.337 e. The van der Waals surface area contributed by atoms with Gasteiger partial charge in [-0.05, 0) is 31.9 Å². The van der Waals surface area contributed by atoms with E-state index in [2.05, 4.69) is 15.5 Å². The van der Waals surface area contributed by atoms with Crippen LogP contribution in [0.3, 0.4) is 0 Å². The maximum absolute atomic E-state index is 13.8. The van der Waals surface area contributed by atoms with Crippen molar-refractivity contribution in [2.45, 2.75) is 25.8 Å². The molecule has 2 aromatic carbocycles. The number of rotatable bonds is 3. The lowest BCUT2D eigenvalue weighted by atomic mass is 10.1. The number of hydrogen-bond donors (Lipinski definition) is 1. The van der Waals surface area contributed by atoms with E-state index in [0.29, 0.717) is 18.3 Å². The van der Waals surface area contributed by atoms with Crippen molar-refractivity contribution in [2.24, 2.45) is 0 Å². The first-order chi connectivity index (χ1) is 13.1. The highest BCUT2D eigenvalue weighted by molar-refractivity contribution is 5.89. The lowest BCUT2D eigenvalue weighted by molar-refractivity contribution is 0.193. The van der Waals surface area contributed by atoms with Crippen LogP contribution >= 0.6 is 0 Å². The third-order valence-electron chi connectivity index (χ3n) is 4.67. The lowest BCUT2D eigenvalue weighted by Crippen LogP contribution is -2.34. The van der Waals surface area contributed by atoms with Gasteiger partial charge in [-0.15, -0.1) is 0 Å². The smallest absolute Gasteiger partial charge is 0.322 e. The monoisotopic (exact) mass is 366 g/mol. The molecule has 1 atom stereocenters. The number of likely N-dealkylation sites (tertiary alicyclic amines) is 1. The summed E-state index contributed by atoms with van der Waals surface area (Å²) in [6, 6.07) is 13.2. The summed E-state index contributed by atoms with van der Waals surface area (Å²) >= 11 is 0. The first kappa shape index (κ1) is 17.2. The zero-order chi connectivity index (χ0) is 18.8. The Morgan fingerprint density at radius 3 is 2.78 bits per heavy atom. The molecule has 0 radical (unpaired) electrons. The molecule has 2 heterocycles. The fraction of sp³-hybridized carbons (Fsp3) is 0.250. The van der Waals surface area contributed by atoms with Gasteiger partial charge in [-0.2, -0.15) is 4.98 Å². The van der Waals surface area contributed by atoms with Gasteiger partial charge in [0.05, 0.1) is 5.69 Å². The fourth-order valence-electron chi connectivity index (χ4n) is 3.21. The van der Waals surface area contributed by atoms with Crippen LogP contribution in [0.4, 0.5) is 14.9 Å². The third kappa shape index (κ3) is 3.53. The van der Waals surface area contributed by atoms with Crippen LogP contribution in [-0.2, 0) is 0 Å². The predicted molar refractivity (Wildman–Crippen MR) is 98.6 cm³/mol. The summed E-state index contributed by atoms with van der Waals surface area (Å²) in [4.78, 5) is 18.7. The van der Waals surface area contributed by atoms with Crippen LogP contribution in [0.5, 0.6) is 0 Å². The van der Waals surface area contributed by atoms with Gasteiger partial charge in [-0.25, -0.2) is 9.18 Å². The molecule has 2 amide bonds. The highest BCUT2D eigenvalue weighted by Crippen LogP contribution is 2.32. The molecule has 0 spiro atoms. The standard InChI is InChI=1S/C20H19FN4O2/c1-13-8-10-14(11-9-13)18-23-19(27-24-18)17-7-4-12-25(17)20(26)22-16-6-3-2-5-15(16)21/h2-3,5-6,8-11,17H,4,7,12H2,1H3,(H,22,26). The van der Waals surface area contributed by atoms with Gasteiger partial charge in [0, 0.05) is 12.1 Å². The first-order valence-electron chi connectivity index (χ1n) is 8.84. The Balaban J connectivity index is 1.52. The summed E-state index contributed by atoms with van der Waals surface area (Å²) in [5.74, 6) is 0.416. The van der Waals surface area contributed by atoms with Gasteiger partial charge in [0.15, 0.2) is 0 Å². The minimum Gasteiger partial charge on any atom is -0.337 e. The Morgan fingerprint density at radius 1 is 1.22 bits per heavy atom. The molecule has 27 heavy (non-hydrogen) atoms. The van der Waals surface area contributed by atoms with E-state index in [1.165, 1.54) is 12.1 Å². The van der Waals surface area contributed by atoms with Crippen molar-refractivity contribution in [3.8, 4) is 11.4 Å². The maximum Gasteiger partial charge on any atom is 0.322 e. The molecular formula is C20H19FN4O2. The van der Waals surface area contributed by atoms with Gasteiger partial charge in [-0.3, -0.25) is 0 Å². The first-order valence-corrected chi connectivity index (χ1v) is 8.84. The number of halogens is 1. The highest BCUT2D eigenvalue weighted by atomic mass is 19.1. The van der Waals surface area contributed by atoms with Crippen molar-refractivity contribution in [1.29, 1.82) is 0 Å². The van der Waals surface area contributed by atoms with Gasteiger partial charge in [0.25, 0.3) is 0 Å². The number of aryl methyl sites for hydroxylation is 1. The minimum atomic E-state index is -0.471. The summed E-state index contributed by atoms with van der Waals surface area (Å²) in [5.41, 5.74) is 2.16. The Morgan fingerprint density at radius 2 is 2.00 bits per heavy atom. The van der Waals surface area contributed by atoms with Crippen LogP contribution in [0.1, 0.15) is 30.3 Å². The molecule has 1 aliphatic rings. The van der Waals surface area contributed by atoms with E-state index in [9.17, 15) is 9.18 Å². The van der Waals surface area contributed by atoms with E-state index in [1.807, 2.05) is 31.2 Å². The molecule has 6 nitrogen and oxygen atoms in total. The number of carbonyl (C=O) groups is 1. The Labute approximate surface area is 156 Å². The minimum absolute atomic E-state index is 0.152. The summed E-state index contributed by atoms with van der Waals surface area (Å²) in [7, 11) is 0. The van der Waals surface area contributed by atoms with E-state index in [0.717, 1.165) is 24.0 Å². The lowest BCUT2D eigenvalue weighted by Gasteiger charge is -2.22. The molecule has 0 aliphatic carbocycles. The topological polar surface area (TPSA) is 71.3 Å². The molecule has 3 aromatic rings. The molecule has 0 saturated carbocycles. The van der Waals surface area contributed by atoms with Gasteiger partial charge >= 0.3 is 6.03 Å². The number of hydrogen-bond acceptors (Lipinski definition) is 4. The molecule has 1 unspecified atom stereocenters. The molecule has 0 bridgehead atoms. The van der Waals surface area contributed by atoms with Crippen LogP contribution in [-0.4, -0.2) is 27.6 Å². The van der Waals surface area contributed by atoms with Gasteiger partial charge in [-0.1, -0.05) is 47.1 Å². The van der Waals surface area contributed by atoms with Crippen molar-refractivity contribution in [1.82, 2.24) is 15.0 Å². The van der Waals surface area contributed by atoms with E-state index in [1.54, 1.807) is 17.0 Å². The van der Waals surface area contributed by atoms with Crippen LogP contribution in [0.2, 0.25) is 0 Å². The van der Waals surface area contributed by atoms with E-state index < -0.39 is 5.82 Å². The fourth-order valence-corrected chi connectivity index (χ4v) is 3.21. The van der Waals surface area contributed by atoms with Gasteiger partial charge in [0.2, 0.25) is 11.7 Å². The normalized spacial score (nSPS) is 16.5. The van der Waals surface area contributed by atoms with Crippen LogP contribution in [0, 0.1) is 12.7 Å². The highest BCUT2D eigenvalue weighted by Gasteiger charge is 2.34. The Kier molecular flexibility index (Phi) is 4.58. The average molecular weight is 366 g/mol. The van der Waals surface area contributed by atoms with Gasteiger partial charge < -0.3 is 14.7 Å². The third-order valence-corrected chi connectivity index (χ3v) is 4.67. The van der Waals surface area contributed by atoms with Crippen molar-refractivity contribution in [3.05, 3.63) is 65.8 Å². The Bertz CT molecular complexity index is 955. The zero-order valence-electron chi connectivity index (χ0n) is 14.9. The van der Waals surface area contributed by atoms with Crippen molar-refractivity contribution >= 4 is 11.7 Å². The second-order valence-electron chi connectivity index (χ2n) is 6.58. The number of para-hydroxylation sites is 1. The maximum atomic E-state index is 13.8. The second kappa shape index (κ2) is 7.19. The predicted octanol–water partition coefficient (Wildman–Crippen LogP) is 4.55. The number of nitrogens with zero attached hydrogens (tertiary/aromatic N) is 3. The van der Waals surface area contributed by atoms with E-state index in [4.69, 9.17) is 4.52 Å². The number of nitrogens with one attached hydrogen (secondary N) is 1. The number of urea groups is 1. The molecule has 1 fully saturated rings. The summed E-state index contributed by atoms with van der Waals surface area (Å²) < 4.78 is 19.2. The number of anilines is 1. The summed E-state index contributed by atoms with van der Waals surface area (Å²) in [6.45, 7) is 2.56. The van der Waals surface area contributed by atoms with Crippen LogP contribution < -0.4 is 5.32 Å². The number of amides is 2. The summed E-state index contributed by atoms with van der Waals surface area (Å²) in [6.07, 6.45) is 1.54. The van der Waals surface area contributed by atoms with Crippen LogP contribution in [0.15, 0.2) is 53.1 Å². The number of aromatic nitrogens is 2. The quantitative estimate of drug-likeness (QED) is 0.738. The van der Waals surface area contributed by atoms with Gasteiger partial charge in [0.1, 0.15) is 11.9 Å².